The maximum absolute atomic E-state index is 13.2. The van der Waals surface area contributed by atoms with E-state index in [-0.39, 0.29) is 29.0 Å². The summed E-state index contributed by atoms with van der Waals surface area (Å²) < 4.78 is 41.4. The van der Waals surface area contributed by atoms with Crippen LogP contribution in [0.2, 0.25) is 5.02 Å². The van der Waals surface area contributed by atoms with Crippen molar-refractivity contribution < 1.29 is 17.6 Å². The molecule has 1 unspecified atom stereocenters. The molecule has 1 amide bonds. The summed E-state index contributed by atoms with van der Waals surface area (Å²) in [5.41, 5.74) is 3.78. The monoisotopic (exact) mass is 537 g/mol. The fourth-order valence-corrected chi connectivity index (χ4v) is 5.39. The largest absolute Gasteiger partial charge is 0.325 e. The molecular formula is C26H21ClFN5O3S. The molecule has 3 N–H and O–H groups in total. The van der Waals surface area contributed by atoms with E-state index in [1.54, 1.807) is 43.5 Å². The number of rotatable bonds is 6. The topological polar surface area (TPSA) is 113 Å². The molecule has 188 valence electrons. The van der Waals surface area contributed by atoms with E-state index in [4.69, 9.17) is 11.6 Å². The molecule has 0 bridgehead atoms. The molecule has 0 fully saturated rings. The van der Waals surface area contributed by atoms with E-state index in [1.165, 1.54) is 36.4 Å². The molecule has 1 aliphatic heterocycles. The van der Waals surface area contributed by atoms with E-state index >= 15 is 0 Å². The fourth-order valence-electron chi connectivity index (χ4n) is 3.99. The first-order valence-corrected chi connectivity index (χ1v) is 13.1. The van der Waals surface area contributed by atoms with Gasteiger partial charge in [-0.15, -0.1) is 0 Å². The van der Waals surface area contributed by atoms with Crippen LogP contribution in [0.4, 0.5) is 21.7 Å². The number of carbonyl (C=O) groups excluding carboxylic acids is 1. The number of benzene rings is 3. The molecule has 3 aromatic carbocycles. The second-order valence-electron chi connectivity index (χ2n) is 8.53. The van der Waals surface area contributed by atoms with Crippen LogP contribution in [-0.2, 0) is 21.2 Å². The zero-order valence-corrected chi connectivity index (χ0v) is 21.1. The van der Waals surface area contributed by atoms with E-state index < -0.39 is 16.1 Å². The number of halogens is 2. The van der Waals surface area contributed by atoms with Crippen molar-refractivity contribution in [3.05, 3.63) is 94.9 Å². The summed E-state index contributed by atoms with van der Waals surface area (Å²) in [5.74, 6) is -0.294. The number of hydrogen-bond acceptors (Lipinski definition) is 6. The highest BCUT2D eigenvalue weighted by Crippen LogP contribution is 2.35. The van der Waals surface area contributed by atoms with Gasteiger partial charge in [-0.3, -0.25) is 4.79 Å². The van der Waals surface area contributed by atoms with Gasteiger partial charge in [-0.25, -0.2) is 27.5 Å². The Labute approximate surface area is 218 Å². The van der Waals surface area contributed by atoms with Gasteiger partial charge in [0.05, 0.1) is 22.7 Å². The number of sulfonamides is 1. The summed E-state index contributed by atoms with van der Waals surface area (Å²) in [5, 5.41) is 6.40. The van der Waals surface area contributed by atoms with Crippen LogP contribution in [0, 0.1) is 5.82 Å². The molecule has 0 spiro atoms. The normalized spacial score (nSPS) is 13.6. The van der Waals surface area contributed by atoms with Gasteiger partial charge in [0.25, 0.3) is 0 Å². The van der Waals surface area contributed by atoms with Crippen molar-refractivity contribution in [3.8, 4) is 11.3 Å². The summed E-state index contributed by atoms with van der Waals surface area (Å²) in [6.45, 7) is 1.69. The first-order chi connectivity index (χ1) is 17.7. The highest BCUT2D eigenvalue weighted by atomic mass is 35.5. The molecule has 37 heavy (non-hydrogen) atoms. The van der Waals surface area contributed by atoms with Gasteiger partial charge in [-0.05, 0) is 67.1 Å². The van der Waals surface area contributed by atoms with E-state index in [2.05, 4.69) is 25.3 Å². The summed E-state index contributed by atoms with van der Waals surface area (Å²) in [6, 6.07) is 16.4. The maximum atomic E-state index is 13.2. The lowest BCUT2D eigenvalue weighted by atomic mass is 10.1. The van der Waals surface area contributed by atoms with E-state index in [1.807, 2.05) is 0 Å². The Bertz CT molecular complexity index is 1600. The number of amides is 1. The van der Waals surface area contributed by atoms with Crippen LogP contribution < -0.4 is 15.4 Å². The predicted molar refractivity (Wildman–Crippen MR) is 140 cm³/mol. The first-order valence-electron chi connectivity index (χ1n) is 11.3. The summed E-state index contributed by atoms with van der Waals surface area (Å²) in [7, 11) is -3.82. The minimum absolute atomic E-state index is 0.0743. The van der Waals surface area contributed by atoms with Gasteiger partial charge < -0.3 is 10.6 Å². The van der Waals surface area contributed by atoms with Gasteiger partial charge in [0, 0.05) is 34.1 Å². The predicted octanol–water partition coefficient (Wildman–Crippen LogP) is 5.21. The van der Waals surface area contributed by atoms with Gasteiger partial charge >= 0.3 is 0 Å². The Morgan fingerprint density at radius 1 is 1.05 bits per heavy atom. The molecule has 4 aromatic rings. The van der Waals surface area contributed by atoms with Crippen molar-refractivity contribution in [1.29, 1.82) is 0 Å². The van der Waals surface area contributed by atoms with Crippen molar-refractivity contribution in [1.82, 2.24) is 14.7 Å². The van der Waals surface area contributed by atoms with Crippen molar-refractivity contribution in [3.63, 3.8) is 0 Å². The Morgan fingerprint density at radius 2 is 1.78 bits per heavy atom. The Morgan fingerprint density at radius 3 is 2.51 bits per heavy atom. The van der Waals surface area contributed by atoms with Crippen LogP contribution in [0.25, 0.3) is 11.3 Å². The van der Waals surface area contributed by atoms with Gasteiger partial charge in [0.15, 0.2) is 0 Å². The lowest BCUT2D eigenvalue weighted by Crippen LogP contribution is -2.26. The van der Waals surface area contributed by atoms with Crippen LogP contribution in [0.15, 0.2) is 77.8 Å². The van der Waals surface area contributed by atoms with Crippen LogP contribution in [-0.4, -0.2) is 24.3 Å². The molecule has 2 heterocycles. The molecule has 0 radical (unpaired) electrons. The second-order valence-corrected chi connectivity index (χ2v) is 10.7. The summed E-state index contributed by atoms with van der Waals surface area (Å²) in [6.07, 6.45) is 1.71. The maximum Gasteiger partial charge on any atom is 0.241 e. The van der Waals surface area contributed by atoms with Crippen LogP contribution in [0.1, 0.15) is 24.1 Å². The number of aromatic nitrogens is 2. The summed E-state index contributed by atoms with van der Waals surface area (Å²) in [4.78, 5) is 21.3. The van der Waals surface area contributed by atoms with Crippen molar-refractivity contribution in [2.45, 2.75) is 24.3 Å². The zero-order chi connectivity index (χ0) is 26.2. The Hall–Kier alpha value is -3.86. The van der Waals surface area contributed by atoms with Gasteiger partial charge in [0.1, 0.15) is 5.82 Å². The first kappa shape index (κ1) is 24.8. The molecule has 1 atom stereocenters. The van der Waals surface area contributed by atoms with Crippen LogP contribution in [0.3, 0.4) is 0 Å². The molecule has 8 nitrogen and oxygen atoms in total. The summed E-state index contributed by atoms with van der Waals surface area (Å²) >= 11 is 6.10. The third-order valence-electron chi connectivity index (χ3n) is 5.85. The highest BCUT2D eigenvalue weighted by molar-refractivity contribution is 7.89. The molecule has 1 aliphatic rings. The minimum Gasteiger partial charge on any atom is -0.325 e. The van der Waals surface area contributed by atoms with Crippen LogP contribution in [0.5, 0.6) is 0 Å². The molecule has 0 saturated carbocycles. The fraction of sp³-hybridized carbons (Fsp3) is 0.115. The molecule has 5 rings (SSSR count). The SMILES string of the molecule is CC(NS(=O)(=O)c1ccc(Nc2ncc3c(n2)-c2ccc(Cl)cc2NC(=O)C3)cc1)c1ccc(F)cc1. The minimum atomic E-state index is -3.82. The van der Waals surface area contributed by atoms with E-state index in [0.717, 1.165) is 5.56 Å². The average molecular weight is 538 g/mol. The Balaban J connectivity index is 1.35. The second kappa shape index (κ2) is 9.89. The highest BCUT2D eigenvalue weighted by Gasteiger charge is 2.22. The molecule has 0 saturated heterocycles. The number of nitrogens with zero attached hydrogens (tertiary/aromatic N) is 2. The van der Waals surface area contributed by atoms with Crippen molar-refractivity contribution in [2.75, 3.05) is 10.6 Å². The van der Waals surface area contributed by atoms with E-state index in [0.29, 0.717) is 33.2 Å². The molecule has 0 aliphatic carbocycles. The van der Waals surface area contributed by atoms with Crippen LogP contribution >= 0.6 is 11.6 Å². The lowest BCUT2D eigenvalue weighted by molar-refractivity contribution is -0.115. The van der Waals surface area contributed by atoms with Crippen molar-refractivity contribution in [2.24, 2.45) is 0 Å². The number of nitrogens with one attached hydrogen (secondary N) is 3. The number of carbonyl (C=O) groups is 1. The molecular weight excluding hydrogens is 517 g/mol. The quantitative estimate of drug-likeness (QED) is 0.311. The van der Waals surface area contributed by atoms with Gasteiger partial charge in [0.2, 0.25) is 21.9 Å². The molecule has 11 heteroatoms. The standard InChI is InChI=1S/C26H21ClFN5O3S/c1-15(16-2-5-19(28)6-3-16)33-37(35,36)21-9-7-20(8-10-21)30-26-29-14-17-12-24(34)31-23-13-18(27)4-11-22(23)25(17)32-26/h2-11,13-15,33H,12H2,1H3,(H,31,34)(H,29,30,32). The van der Waals surface area contributed by atoms with E-state index in [9.17, 15) is 17.6 Å². The number of anilines is 3. The zero-order valence-electron chi connectivity index (χ0n) is 19.5. The van der Waals surface area contributed by atoms with Crippen molar-refractivity contribution >= 4 is 44.9 Å². The number of hydrogen-bond donors (Lipinski definition) is 3. The average Bonchev–Trinajstić information content (AvgIpc) is 2.99. The Kier molecular flexibility index (Phi) is 6.63. The third-order valence-corrected chi connectivity index (χ3v) is 7.64. The lowest BCUT2D eigenvalue weighted by Gasteiger charge is -2.15. The smallest absolute Gasteiger partial charge is 0.241 e. The van der Waals surface area contributed by atoms with Gasteiger partial charge in [-0.1, -0.05) is 23.7 Å². The molecule has 1 aromatic heterocycles. The van der Waals surface area contributed by atoms with Gasteiger partial charge in [-0.2, -0.15) is 0 Å². The number of fused-ring (bicyclic) bond motifs is 3. The third kappa shape index (κ3) is 5.46.